The van der Waals surface area contributed by atoms with Crippen molar-refractivity contribution < 1.29 is 14.7 Å². The van der Waals surface area contributed by atoms with Gasteiger partial charge in [-0.15, -0.1) is 11.6 Å². The van der Waals surface area contributed by atoms with Gasteiger partial charge in [0.05, 0.1) is 6.42 Å². The summed E-state index contributed by atoms with van der Waals surface area (Å²) in [5.74, 6) is -1.28. The van der Waals surface area contributed by atoms with Crippen molar-refractivity contribution in [3.05, 3.63) is 53.1 Å². The Hall–Kier alpha value is -1.58. The number of benzene rings is 1. The molecule has 2 rings (SSSR count). The quantitative estimate of drug-likeness (QED) is 0.830. The third-order valence-corrected chi connectivity index (χ3v) is 4.06. The Labute approximate surface area is 132 Å². The van der Waals surface area contributed by atoms with Gasteiger partial charge in [0.2, 0.25) is 0 Å². The van der Waals surface area contributed by atoms with Crippen molar-refractivity contribution in [3.8, 4) is 0 Å². The van der Waals surface area contributed by atoms with Gasteiger partial charge < -0.3 is 5.11 Å². The predicted octanol–water partition coefficient (Wildman–Crippen LogP) is 4.09. The smallest absolute Gasteiger partial charge is 0.303 e. The molecule has 1 atom stereocenters. The highest BCUT2D eigenvalue weighted by Crippen LogP contribution is 2.33. The zero-order chi connectivity index (χ0) is 15.5. The summed E-state index contributed by atoms with van der Waals surface area (Å²) in [6.07, 6.45) is 5.36. The Morgan fingerprint density at radius 3 is 2.62 bits per heavy atom. The number of halogens is 2. The molecule has 110 valence electrons. The second kappa shape index (κ2) is 6.46. The van der Waals surface area contributed by atoms with E-state index in [0.717, 1.165) is 11.1 Å². The molecule has 1 unspecified atom stereocenters. The van der Waals surface area contributed by atoms with Crippen molar-refractivity contribution in [2.24, 2.45) is 0 Å². The number of Topliss-reactive ketones (excluding diaryl/α,β-unsaturated/α-hetero) is 1. The van der Waals surface area contributed by atoms with Crippen molar-refractivity contribution >= 4 is 40.5 Å². The molecule has 21 heavy (non-hydrogen) atoms. The van der Waals surface area contributed by atoms with Gasteiger partial charge in [-0.3, -0.25) is 9.59 Å². The van der Waals surface area contributed by atoms with Gasteiger partial charge >= 0.3 is 5.97 Å². The fourth-order valence-corrected chi connectivity index (χ4v) is 2.56. The summed E-state index contributed by atoms with van der Waals surface area (Å²) >= 11 is 12.2. The van der Waals surface area contributed by atoms with Gasteiger partial charge in [-0.25, -0.2) is 0 Å². The van der Waals surface area contributed by atoms with Crippen LogP contribution in [0.4, 0.5) is 0 Å². The number of ketones is 1. The summed E-state index contributed by atoms with van der Waals surface area (Å²) in [6.45, 7) is 0. The zero-order valence-electron chi connectivity index (χ0n) is 11.2. The Bertz CT molecular complexity index is 634. The van der Waals surface area contributed by atoms with Crippen molar-refractivity contribution in [2.75, 3.05) is 0 Å². The van der Waals surface area contributed by atoms with Gasteiger partial charge in [0, 0.05) is 11.4 Å². The van der Waals surface area contributed by atoms with E-state index in [1.807, 2.05) is 24.3 Å². The Morgan fingerprint density at radius 2 is 2.05 bits per heavy atom. The minimum Gasteiger partial charge on any atom is -0.481 e. The van der Waals surface area contributed by atoms with E-state index >= 15 is 0 Å². The summed E-state index contributed by atoms with van der Waals surface area (Å²) in [4.78, 5) is 21.4. The van der Waals surface area contributed by atoms with Crippen molar-refractivity contribution in [3.63, 3.8) is 0 Å². The van der Waals surface area contributed by atoms with Crippen LogP contribution in [0.1, 0.15) is 24.8 Å². The number of carbonyl (C=O) groups is 2. The van der Waals surface area contributed by atoms with Gasteiger partial charge in [0.1, 0.15) is 4.87 Å². The van der Waals surface area contributed by atoms with Gasteiger partial charge in [-0.2, -0.15) is 0 Å². The van der Waals surface area contributed by atoms with E-state index in [2.05, 4.69) is 0 Å². The second-order valence-corrected chi connectivity index (χ2v) is 6.00. The molecule has 0 saturated heterocycles. The lowest BCUT2D eigenvalue weighted by Crippen LogP contribution is -2.31. The predicted molar refractivity (Wildman–Crippen MR) is 83.6 cm³/mol. The normalized spacial score (nSPS) is 21.0. The lowest BCUT2D eigenvalue weighted by molar-refractivity contribution is -0.138. The number of allylic oxidation sites excluding steroid dienone is 4. The van der Waals surface area contributed by atoms with Gasteiger partial charge in [0.25, 0.3) is 0 Å². The third-order valence-electron chi connectivity index (χ3n) is 3.33. The highest BCUT2D eigenvalue weighted by Gasteiger charge is 2.33. The molecule has 1 aromatic rings. The molecule has 0 aliphatic heterocycles. The van der Waals surface area contributed by atoms with Gasteiger partial charge in [0.15, 0.2) is 5.78 Å². The van der Waals surface area contributed by atoms with Crippen LogP contribution in [-0.4, -0.2) is 21.7 Å². The van der Waals surface area contributed by atoms with Crippen molar-refractivity contribution in [2.45, 2.75) is 24.1 Å². The molecule has 1 N–H and O–H groups in total. The lowest BCUT2D eigenvalue weighted by atomic mass is 9.88. The molecule has 0 fully saturated rings. The molecule has 3 nitrogen and oxygen atoms in total. The first-order valence-corrected chi connectivity index (χ1v) is 7.26. The molecular formula is C16H14Cl2O3. The SMILES string of the molecule is O=C(O)CCC(=O)C1(Cl)C=CC(c2cccc(Cl)c2)=CC1. The fourth-order valence-electron chi connectivity index (χ4n) is 2.13. The van der Waals surface area contributed by atoms with Crippen LogP contribution in [0.15, 0.2) is 42.5 Å². The number of carboxylic acid groups (broad SMARTS) is 1. The van der Waals surface area contributed by atoms with E-state index in [-0.39, 0.29) is 18.6 Å². The molecule has 0 saturated carbocycles. The number of carbonyl (C=O) groups excluding carboxylic acids is 1. The summed E-state index contributed by atoms with van der Waals surface area (Å²) in [7, 11) is 0. The van der Waals surface area contributed by atoms with E-state index in [0.29, 0.717) is 11.4 Å². The molecule has 1 aliphatic rings. The first-order valence-electron chi connectivity index (χ1n) is 6.50. The maximum atomic E-state index is 12.0. The van der Waals surface area contributed by atoms with E-state index in [1.54, 1.807) is 18.2 Å². The number of aliphatic carboxylic acids is 1. The van der Waals surface area contributed by atoms with Gasteiger partial charge in [-0.1, -0.05) is 42.0 Å². The minimum absolute atomic E-state index is 0.0660. The Morgan fingerprint density at radius 1 is 1.29 bits per heavy atom. The summed E-state index contributed by atoms with van der Waals surface area (Å²) < 4.78 is 0. The van der Waals surface area contributed by atoms with E-state index in [1.165, 1.54) is 0 Å². The standard InChI is InChI=1S/C16H14Cl2O3/c17-13-3-1-2-12(10-13)11-6-8-16(18,9-7-11)14(19)4-5-15(20)21/h1-3,6-8,10H,4-5,9H2,(H,20,21). The number of alkyl halides is 1. The van der Waals surface area contributed by atoms with Crippen LogP contribution in [-0.2, 0) is 9.59 Å². The average molecular weight is 325 g/mol. The first-order chi connectivity index (χ1) is 9.90. The van der Waals surface area contributed by atoms with Crippen LogP contribution in [0.2, 0.25) is 5.02 Å². The fraction of sp³-hybridized carbons (Fsp3) is 0.250. The average Bonchev–Trinajstić information content (AvgIpc) is 2.45. The van der Waals surface area contributed by atoms with E-state index < -0.39 is 10.8 Å². The molecule has 0 radical (unpaired) electrons. The Kier molecular flexibility index (Phi) is 4.86. The molecule has 0 bridgehead atoms. The number of carboxylic acids is 1. The van der Waals surface area contributed by atoms with Crippen LogP contribution in [0, 0.1) is 0 Å². The molecule has 0 amide bonds. The summed E-state index contributed by atoms with van der Waals surface area (Å²) in [5, 5.41) is 9.26. The summed E-state index contributed by atoms with van der Waals surface area (Å²) in [5.41, 5.74) is 1.90. The highest BCUT2D eigenvalue weighted by atomic mass is 35.5. The third kappa shape index (κ3) is 3.96. The monoisotopic (exact) mass is 324 g/mol. The van der Waals surface area contributed by atoms with Gasteiger partial charge in [-0.05, 0) is 29.7 Å². The largest absolute Gasteiger partial charge is 0.481 e. The first kappa shape index (κ1) is 15.8. The van der Waals surface area contributed by atoms with E-state index in [9.17, 15) is 9.59 Å². The molecule has 5 heteroatoms. The number of hydrogen-bond acceptors (Lipinski definition) is 2. The van der Waals surface area contributed by atoms with Crippen LogP contribution in [0.3, 0.4) is 0 Å². The highest BCUT2D eigenvalue weighted by molar-refractivity contribution is 6.37. The molecular weight excluding hydrogens is 311 g/mol. The number of hydrogen-bond donors (Lipinski definition) is 1. The van der Waals surface area contributed by atoms with Crippen molar-refractivity contribution in [1.29, 1.82) is 0 Å². The molecule has 0 aromatic heterocycles. The van der Waals surface area contributed by atoms with Crippen LogP contribution < -0.4 is 0 Å². The van der Waals surface area contributed by atoms with Crippen molar-refractivity contribution in [1.82, 2.24) is 0 Å². The van der Waals surface area contributed by atoms with E-state index in [4.69, 9.17) is 28.3 Å². The minimum atomic E-state index is -1.14. The zero-order valence-corrected chi connectivity index (χ0v) is 12.7. The topological polar surface area (TPSA) is 54.4 Å². The Balaban J connectivity index is 2.09. The van der Waals surface area contributed by atoms with Crippen LogP contribution in [0.5, 0.6) is 0 Å². The number of rotatable bonds is 5. The maximum Gasteiger partial charge on any atom is 0.303 e. The molecule has 0 heterocycles. The van der Waals surface area contributed by atoms with Crippen LogP contribution >= 0.6 is 23.2 Å². The molecule has 0 spiro atoms. The summed E-state index contributed by atoms with van der Waals surface area (Å²) in [6, 6.07) is 7.41. The molecule has 1 aliphatic carbocycles. The molecule has 1 aromatic carbocycles. The maximum absolute atomic E-state index is 12.0. The second-order valence-electron chi connectivity index (χ2n) is 4.89. The lowest BCUT2D eigenvalue weighted by Gasteiger charge is -2.24. The van der Waals surface area contributed by atoms with Crippen LogP contribution in [0.25, 0.3) is 5.57 Å².